The van der Waals surface area contributed by atoms with Gasteiger partial charge in [0.1, 0.15) is 0 Å². The van der Waals surface area contributed by atoms with Gasteiger partial charge in [-0.2, -0.15) is 0 Å². The van der Waals surface area contributed by atoms with Crippen LogP contribution >= 0.6 is 0 Å². The number of rotatable bonds is 5. The lowest BCUT2D eigenvalue weighted by molar-refractivity contribution is -0.242. The van der Waals surface area contributed by atoms with Crippen molar-refractivity contribution < 1.29 is 15.4 Å². The molecule has 0 amide bonds. The van der Waals surface area contributed by atoms with Gasteiger partial charge in [0.2, 0.25) is 0 Å². The summed E-state index contributed by atoms with van der Waals surface area (Å²) in [6.07, 6.45) is 1.56. The van der Waals surface area contributed by atoms with E-state index in [4.69, 9.17) is 10.5 Å². The van der Waals surface area contributed by atoms with Crippen LogP contribution in [0.4, 0.5) is 0 Å². The standard InChI is InChI=1S/C4H11NO3/c6-5-3-1-2-4-8-7/h5-7H,1-4H2. The predicted molar refractivity (Wildman–Crippen MR) is 27.6 cm³/mol. The summed E-state index contributed by atoms with van der Waals surface area (Å²) < 4.78 is 0. The average Bonchev–Trinajstić information content (AvgIpc) is 1.81. The lowest BCUT2D eigenvalue weighted by atomic mass is 10.3. The van der Waals surface area contributed by atoms with E-state index in [-0.39, 0.29) is 0 Å². The second-order valence-electron chi connectivity index (χ2n) is 1.45. The maximum absolute atomic E-state index is 8.01. The first-order valence-corrected chi connectivity index (χ1v) is 2.55. The minimum absolute atomic E-state index is 0.335. The normalized spacial score (nSPS) is 9.75. The lowest BCUT2D eigenvalue weighted by Crippen LogP contribution is -2.08. The van der Waals surface area contributed by atoms with Crippen LogP contribution in [0.5, 0.6) is 0 Å². The second kappa shape index (κ2) is 6.84. The zero-order valence-corrected chi connectivity index (χ0v) is 4.63. The van der Waals surface area contributed by atoms with E-state index < -0.39 is 0 Å². The van der Waals surface area contributed by atoms with Crippen molar-refractivity contribution in [3.63, 3.8) is 0 Å². The van der Waals surface area contributed by atoms with Gasteiger partial charge in [-0.1, -0.05) is 0 Å². The van der Waals surface area contributed by atoms with E-state index in [1.54, 1.807) is 0 Å². The first-order valence-electron chi connectivity index (χ1n) is 2.55. The van der Waals surface area contributed by atoms with Gasteiger partial charge in [-0.3, -0.25) is 5.26 Å². The third-order valence-corrected chi connectivity index (χ3v) is 0.774. The maximum atomic E-state index is 8.01. The molecule has 0 radical (unpaired) electrons. The molecule has 0 aromatic carbocycles. The number of nitrogens with one attached hydrogen (secondary N) is 1. The molecule has 0 heterocycles. The Morgan fingerprint density at radius 2 is 2.12 bits per heavy atom. The Hall–Kier alpha value is -0.160. The molecule has 0 aliphatic heterocycles. The average molecular weight is 121 g/mol. The van der Waals surface area contributed by atoms with Crippen LogP contribution < -0.4 is 5.48 Å². The van der Waals surface area contributed by atoms with E-state index in [2.05, 4.69) is 4.89 Å². The van der Waals surface area contributed by atoms with E-state index in [0.29, 0.717) is 13.2 Å². The zero-order valence-electron chi connectivity index (χ0n) is 4.63. The molecule has 0 aromatic heterocycles. The highest BCUT2D eigenvalue weighted by Crippen LogP contribution is 1.84. The molecule has 0 bridgehead atoms. The molecule has 4 heteroatoms. The first-order chi connectivity index (χ1) is 3.91. The summed E-state index contributed by atoms with van der Waals surface area (Å²) in [7, 11) is 0. The van der Waals surface area contributed by atoms with Crippen LogP contribution in [-0.2, 0) is 4.89 Å². The monoisotopic (exact) mass is 121 g/mol. The fraction of sp³-hybridized carbons (Fsp3) is 1.00. The molecule has 0 aromatic rings. The Kier molecular flexibility index (Phi) is 6.70. The highest BCUT2D eigenvalue weighted by molar-refractivity contribution is 4.36. The molecule has 0 aliphatic carbocycles. The zero-order chi connectivity index (χ0) is 6.24. The van der Waals surface area contributed by atoms with Crippen LogP contribution in [0.25, 0.3) is 0 Å². The Labute approximate surface area is 48.0 Å². The van der Waals surface area contributed by atoms with Crippen LogP contribution in [-0.4, -0.2) is 23.6 Å². The molecule has 0 unspecified atom stereocenters. The summed E-state index contributed by atoms with van der Waals surface area (Å²) in [4.78, 5) is 3.78. The predicted octanol–water partition coefficient (Wildman–Crippen LogP) is 0.235. The van der Waals surface area contributed by atoms with Gasteiger partial charge < -0.3 is 5.21 Å². The maximum Gasteiger partial charge on any atom is 0.0820 e. The summed E-state index contributed by atoms with van der Waals surface area (Å²) in [6, 6.07) is 0. The molecule has 4 nitrogen and oxygen atoms in total. The van der Waals surface area contributed by atoms with E-state index in [1.807, 2.05) is 5.48 Å². The van der Waals surface area contributed by atoms with Crippen LogP contribution in [0.1, 0.15) is 12.8 Å². The van der Waals surface area contributed by atoms with Gasteiger partial charge in [0, 0.05) is 6.54 Å². The Bertz CT molecular complexity index is 36.3. The van der Waals surface area contributed by atoms with Crippen LogP contribution in [0, 0.1) is 0 Å². The van der Waals surface area contributed by atoms with Crippen molar-refractivity contribution in [3.8, 4) is 0 Å². The second-order valence-corrected chi connectivity index (χ2v) is 1.45. The van der Waals surface area contributed by atoms with E-state index in [1.165, 1.54) is 0 Å². The smallest absolute Gasteiger partial charge is 0.0820 e. The molecule has 50 valence electrons. The van der Waals surface area contributed by atoms with Gasteiger partial charge in [0.05, 0.1) is 6.61 Å². The fourth-order valence-corrected chi connectivity index (χ4v) is 0.371. The third kappa shape index (κ3) is 5.84. The summed E-state index contributed by atoms with van der Waals surface area (Å²) >= 11 is 0. The van der Waals surface area contributed by atoms with Crippen molar-refractivity contribution in [2.24, 2.45) is 0 Å². The Balaban J connectivity index is 2.53. The summed E-state index contributed by atoms with van der Waals surface area (Å²) in [5, 5.41) is 15.8. The lowest BCUT2D eigenvalue weighted by Gasteiger charge is -1.94. The van der Waals surface area contributed by atoms with Gasteiger partial charge in [-0.25, -0.2) is 10.4 Å². The first kappa shape index (κ1) is 7.84. The number of hydrogen-bond donors (Lipinski definition) is 3. The molecule has 0 saturated heterocycles. The van der Waals surface area contributed by atoms with Crippen molar-refractivity contribution in [1.29, 1.82) is 0 Å². The molecule has 0 aliphatic rings. The summed E-state index contributed by atoms with van der Waals surface area (Å²) in [5.74, 6) is 0. The van der Waals surface area contributed by atoms with Gasteiger partial charge in [0.25, 0.3) is 0 Å². The molecular formula is C4H11NO3. The van der Waals surface area contributed by atoms with Gasteiger partial charge >= 0.3 is 0 Å². The molecule has 0 atom stereocenters. The van der Waals surface area contributed by atoms with Crippen molar-refractivity contribution in [3.05, 3.63) is 0 Å². The van der Waals surface area contributed by atoms with Crippen molar-refractivity contribution >= 4 is 0 Å². The van der Waals surface area contributed by atoms with Gasteiger partial charge in [-0.15, -0.1) is 0 Å². The summed E-state index contributed by atoms with van der Waals surface area (Å²) in [5.41, 5.74) is 1.99. The molecule has 0 spiro atoms. The van der Waals surface area contributed by atoms with Crippen LogP contribution in [0.3, 0.4) is 0 Å². The molecular weight excluding hydrogens is 110 g/mol. The molecule has 0 rings (SSSR count). The van der Waals surface area contributed by atoms with Crippen molar-refractivity contribution in [1.82, 2.24) is 5.48 Å². The molecule has 0 fully saturated rings. The number of hydrogen-bond acceptors (Lipinski definition) is 4. The third-order valence-electron chi connectivity index (χ3n) is 0.774. The van der Waals surface area contributed by atoms with E-state index in [9.17, 15) is 0 Å². The molecule has 0 saturated carbocycles. The minimum atomic E-state index is 0.335. The topological polar surface area (TPSA) is 61.7 Å². The largest absolute Gasteiger partial charge is 0.317 e. The highest BCUT2D eigenvalue weighted by Gasteiger charge is 1.84. The minimum Gasteiger partial charge on any atom is -0.317 e. The fourth-order valence-electron chi connectivity index (χ4n) is 0.371. The SMILES string of the molecule is ONCCCCOO. The quantitative estimate of drug-likeness (QED) is 0.277. The van der Waals surface area contributed by atoms with Crippen LogP contribution in [0.2, 0.25) is 0 Å². The molecule has 3 N–H and O–H groups in total. The Morgan fingerprint density at radius 3 is 2.62 bits per heavy atom. The highest BCUT2D eigenvalue weighted by atomic mass is 17.1. The summed E-state index contributed by atoms with van der Waals surface area (Å²) in [6.45, 7) is 0.880. The van der Waals surface area contributed by atoms with Crippen molar-refractivity contribution in [2.75, 3.05) is 13.2 Å². The van der Waals surface area contributed by atoms with E-state index in [0.717, 1.165) is 12.8 Å². The number of hydroxylamine groups is 1. The Morgan fingerprint density at radius 1 is 1.38 bits per heavy atom. The van der Waals surface area contributed by atoms with Crippen LogP contribution in [0.15, 0.2) is 0 Å². The van der Waals surface area contributed by atoms with Crippen molar-refractivity contribution in [2.45, 2.75) is 12.8 Å². The van der Waals surface area contributed by atoms with Gasteiger partial charge in [0.15, 0.2) is 0 Å². The van der Waals surface area contributed by atoms with Gasteiger partial charge in [-0.05, 0) is 12.8 Å². The molecule has 8 heavy (non-hydrogen) atoms. The van der Waals surface area contributed by atoms with E-state index >= 15 is 0 Å². The number of unbranched alkanes of at least 4 members (excludes halogenated alkanes) is 1.